The van der Waals surface area contributed by atoms with Gasteiger partial charge in [0.2, 0.25) is 0 Å². The van der Waals surface area contributed by atoms with E-state index in [1.165, 1.54) is 17.0 Å². The smallest absolute Gasteiger partial charge is 0.260 e. The number of benzene rings is 1. The maximum atomic E-state index is 13.4. The molecule has 3 N–H and O–H groups in total. The Labute approximate surface area is 92.5 Å². The molecule has 1 aromatic carbocycles. The number of nitrogens with two attached hydrogens (primary N) is 1. The van der Waals surface area contributed by atoms with Gasteiger partial charge in [-0.25, -0.2) is 4.39 Å². The molecule has 1 atom stereocenters. The minimum Gasteiger partial charge on any atom is -0.507 e. The number of hydrogen-bond acceptors (Lipinski definition) is 3. The zero-order chi connectivity index (χ0) is 11.7. The lowest BCUT2D eigenvalue weighted by Gasteiger charge is -2.16. The van der Waals surface area contributed by atoms with Gasteiger partial charge in [0.05, 0.1) is 0 Å². The molecule has 1 saturated heterocycles. The second-order valence-corrected chi connectivity index (χ2v) is 3.93. The molecule has 2 rings (SSSR count). The standard InChI is InChI=1S/C11H13FN2O2/c12-8-2-1-3-9(15)10(8)11(16)14-5-4-7(13)6-14/h1-3,7,15H,4-6,13H2. The summed E-state index contributed by atoms with van der Waals surface area (Å²) in [6.45, 7) is 0.917. The van der Waals surface area contributed by atoms with Crippen LogP contribution in [0.3, 0.4) is 0 Å². The average molecular weight is 224 g/mol. The molecule has 0 spiro atoms. The number of amides is 1. The van der Waals surface area contributed by atoms with Crippen LogP contribution in [0.25, 0.3) is 0 Å². The number of phenols is 1. The second-order valence-electron chi connectivity index (χ2n) is 3.93. The van der Waals surface area contributed by atoms with Crippen LogP contribution in [0, 0.1) is 5.82 Å². The van der Waals surface area contributed by atoms with Crippen LogP contribution in [0.2, 0.25) is 0 Å². The third-order valence-electron chi connectivity index (χ3n) is 2.72. The summed E-state index contributed by atoms with van der Waals surface area (Å²) in [5.74, 6) is -1.53. The van der Waals surface area contributed by atoms with Crippen LogP contribution in [-0.4, -0.2) is 35.0 Å². The van der Waals surface area contributed by atoms with Crippen molar-refractivity contribution < 1.29 is 14.3 Å². The van der Waals surface area contributed by atoms with E-state index in [1.807, 2.05) is 0 Å². The van der Waals surface area contributed by atoms with Crippen LogP contribution in [-0.2, 0) is 0 Å². The van der Waals surface area contributed by atoms with E-state index in [1.54, 1.807) is 0 Å². The Morgan fingerprint density at radius 3 is 2.88 bits per heavy atom. The fourth-order valence-corrected chi connectivity index (χ4v) is 1.85. The first-order valence-electron chi connectivity index (χ1n) is 5.12. The summed E-state index contributed by atoms with van der Waals surface area (Å²) in [6, 6.07) is 3.75. The highest BCUT2D eigenvalue weighted by molar-refractivity contribution is 5.97. The van der Waals surface area contributed by atoms with Gasteiger partial charge in [-0.2, -0.15) is 0 Å². The lowest BCUT2D eigenvalue weighted by Crippen LogP contribution is -2.32. The molecule has 5 heteroatoms. The first-order chi connectivity index (χ1) is 7.59. The monoisotopic (exact) mass is 224 g/mol. The van der Waals surface area contributed by atoms with Crippen LogP contribution in [0.15, 0.2) is 18.2 Å². The van der Waals surface area contributed by atoms with Gasteiger partial charge in [-0.1, -0.05) is 6.07 Å². The van der Waals surface area contributed by atoms with Gasteiger partial charge < -0.3 is 15.7 Å². The van der Waals surface area contributed by atoms with Crippen molar-refractivity contribution >= 4 is 5.91 Å². The van der Waals surface area contributed by atoms with Crippen LogP contribution in [0.4, 0.5) is 4.39 Å². The van der Waals surface area contributed by atoms with Gasteiger partial charge in [0.15, 0.2) is 0 Å². The Hall–Kier alpha value is -1.62. The van der Waals surface area contributed by atoms with Gasteiger partial charge in [0.1, 0.15) is 17.1 Å². The van der Waals surface area contributed by atoms with Gasteiger partial charge in [0, 0.05) is 19.1 Å². The van der Waals surface area contributed by atoms with E-state index >= 15 is 0 Å². The van der Waals surface area contributed by atoms with E-state index in [9.17, 15) is 14.3 Å². The lowest BCUT2D eigenvalue weighted by atomic mass is 10.1. The maximum Gasteiger partial charge on any atom is 0.260 e. The topological polar surface area (TPSA) is 66.6 Å². The molecule has 1 aliphatic rings. The number of carbonyl (C=O) groups excluding carboxylic acids is 1. The van der Waals surface area contributed by atoms with E-state index in [0.29, 0.717) is 19.5 Å². The normalized spacial score (nSPS) is 20.1. The van der Waals surface area contributed by atoms with Crippen molar-refractivity contribution in [2.45, 2.75) is 12.5 Å². The molecule has 1 heterocycles. The quantitative estimate of drug-likeness (QED) is 0.738. The Bertz CT molecular complexity index is 402. The molecular weight excluding hydrogens is 211 g/mol. The summed E-state index contributed by atoms with van der Waals surface area (Å²) in [7, 11) is 0. The number of halogens is 1. The third-order valence-corrected chi connectivity index (χ3v) is 2.72. The number of phenolic OH excluding ortho intramolecular Hbond substituents is 1. The molecule has 16 heavy (non-hydrogen) atoms. The number of carbonyl (C=O) groups is 1. The highest BCUT2D eigenvalue weighted by Crippen LogP contribution is 2.23. The molecule has 0 saturated carbocycles. The number of aromatic hydroxyl groups is 1. The largest absolute Gasteiger partial charge is 0.507 e. The minimum atomic E-state index is -0.703. The molecule has 0 radical (unpaired) electrons. The van der Waals surface area contributed by atoms with Crippen molar-refractivity contribution in [3.05, 3.63) is 29.6 Å². The van der Waals surface area contributed by atoms with Crippen molar-refractivity contribution in [2.24, 2.45) is 5.73 Å². The first kappa shape index (κ1) is 10.9. The van der Waals surface area contributed by atoms with E-state index in [-0.39, 0.29) is 17.4 Å². The van der Waals surface area contributed by atoms with Gasteiger partial charge in [-0.3, -0.25) is 4.79 Å². The molecule has 1 unspecified atom stereocenters. The van der Waals surface area contributed by atoms with E-state index in [0.717, 1.165) is 6.07 Å². The van der Waals surface area contributed by atoms with E-state index < -0.39 is 11.7 Å². The molecule has 0 aromatic heterocycles. The third kappa shape index (κ3) is 1.86. The van der Waals surface area contributed by atoms with Crippen LogP contribution >= 0.6 is 0 Å². The zero-order valence-corrected chi connectivity index (χ0v) is 8.69. The minimum absolute atomic E-state index is 0.0575. The Morgan fingerprint density at radius 2 is 2.31 bits per heavy atom. The number of hydrogen-bond donors (Lipinski definition) is 2. The summed E-state index contributed by atoms with van der Waals surface area (Å²) in [5.41, 5.74) is 5.40. The van der Waals surface area contributed by atoms with Crippen LogP contribution in [0.5, 0.6) is 5.75 Å². The van der Waals surface area contributed by atoms with E-state index in [4.69, 9.17) is 5.73 Å². The van der Waals surface area contributed by atoms with Crippen molar-refractivity contribution in [1.29, 1.82) is 0 Å². The molecule has 1 fully saturated rings. The van der Waals surface area contributed by atoms with Crippen molar-refractivity contribution in [3.63, 3.8) is 0 Å². The lowest BCUT2D eigenvalue weighted by molar-refractivity contribution is 0.0783. The Kier molecular flexibility index (Phi) is 2.78. The molecule has 1 amide bonds. The highest BCUT2D eigenvalue weighted by atomic mass is 19.1. The molecule has 4 nitrogen and oxygen atoms in total. The molecule has 86 valence electrons. The number of rotatable bonds is 1. The number of likely N-dealkylation sites (tertiary alicyclic amines) is 1. The summed E-state index contributed by atoms with van der Waals surface area (Å²) < 4.78 is 13.4. The van der Waals surface area contributed by atoms with Crippen LogP contribution in [0.1, 0.15) is 16.8 Å². The molecule has 0 bridgehead atoms. The highest BCUT2D eigenvalue weighted by Gasteiger charge is 2.28. The van der Waals surface area contributed by atoms with Crippen LogP contribution < -0.4 is 5.73 Å². The summed E-state index contributed by atoms with van der Waals surface area (Å²) in [4.78, 5) is 13.4. The summed E-state index contributed by atoms with van der Waals surface area (Å²) in [5, 5.41) is 9.47. The predicted octanol–water partition coefficient (Wildman–Crippen LogP) is 0.704. The maximum absolute atomic E-state index is 13.4. The molecule has 0 aliphatic carbocycles. The summed E-state index contributed by atoms with van der Waals surface area (Å²) in [6.07, 6.45) is 0.709. The first-order valence-corrected chi connectivity index (χ1v) is 5.12. The van der Waals surface area contributed by atoms with E-state index in [2.05, 4.69) is 0 Å². The Balaban J connectivity index is 2.27. The fourth-order valence-electron chi connectivity index (χ4n) is 1.85. The van der Waals surface area contributed by atoms with Gasteiger partial charge in [-0.15, -0.1) is 0 Å². The van der Waals surface area contributed by atoms with Crippen molar-refractivity contribution in [2.75, 3.05) is 13.1 Å². The Morgan fingerprint density at radius 1 is 1.56 bits per heavy atom. The van der Waals surface area contributed by atoms with Crippen molar-refractivity contribution in [3.8, 4) is 5.75 Å². The van der Waals surface area contributed by atoms with Gasteiger partial charge >= 0.3 is 0 Å². The van der Waals surface area contributed by atoms with Gasteiger partial charge in [0.25, 0.3) is 5.91 Å². The average Bonchev–Trinajstić information content (AvgIpc) is 2.64. The fraction of sp³-hybridized carbons (Fsp3) is 0.364. The summed E-state index contributed by atoms with van der Waals surface area (Å²) >= 11 is 0. The van der Waals surface area contributed by atoms with Gasteiger partial charge in [-0.05, 0) is 18.6 Å². The predicted molar refractivity (Wildman–Crippen MR) is 56.6 cm³/mol. The molecule has 1 aromatic rings. The SMILES string of the molecule is NC1CCN(C(=O)c2c(O)cccc2F)C1. The molecular formula is C11H13FN2O2. The molecule has 1 aliphatic heterocycles. The second kappa shape index (κ2) is 4.09. The number of nitrogens with zero attached hydrogens (tertiary/aromatic N) is 1. The zero-order valence-electron chi connectivity index (χ0n) is 8.69. The van der Waals surface area contributed by atoms with Crippen molar-refractivity contribution in [1.82, 2.24) is 4.90 Å².